The highest BCUT2D eigenvalue weighted by Gasteiger charge is 2.46. The Hall–Kier alpha value is -7.03. The highest BCUT2D eigenvalue weighted by molar-refractivity contribution is 7.89. The number of carbonyl (C=O) groups is 7. The Morgan fingerprint density at radius 3 is 2.44 bits per heavy atom. The highest BCUT2D eigenvalue weighted by Crippen LogP contribution is 2.34. The Balaban J connectivity index is 0.873. The molecule has 4 N–H and O–H groups in total. The van der Waals surface area contributed by atoms with Gasteiger partial charge in [-0.2, -0.15) is 0 Å². The van der Waals surface area contributed by atoms with Gasteiger partial charge in [-0.15, -0.1) is 11.3 Å². The van der Waals surface area contributed by atoms with Gasteiger partial charge in [0.15, 0.2) is 5.13 Å². The van der Waals surface area contributed by atoms with Crippen molar-refractivity contribution in [3.8, 4) is 17.0 Å². The van der Waals surface area contributed by atoms with Crippen LogP contribution in [0.4, 0.5) is 5.13 Å². The van der Waals surface area contributed by atoms with Gasteiger partial charge < -0.3 is 25.4 Å². The van der Waals surface area contributed by atoms with Crippen LogP contribution >= 0.6 is 11.3 Å². The van der Waals surface area contributed by atoms with Crippen LogP contribution in [0.2, 0.25) is 0 Å². The number of aromatic nitrogens is 2. The molecular weight excluding hydrogens is 855 g/mol. The van der Waals surface area contributed by atoms with Crippen molar-refractivity contribution in [3.63, 3.8) is 0 Å². The number of fused-ring (bicyclic) bond motifs is 1. The first-order valence-corrected chi connectivity index (χ1v) is 22.4. The van der Waals surface area contributed by atoms with Crippen LogP contribution < -0.4 is 26.0 Å². The minimum absolute atomic E-state index is 0.00588. The topological polar surface area (TPSA) is 241 Å². The number of thiazole rings is 1. The molecule has 7 amide bonds. The van der Waals surface area contributed by atoms with E-state index in [2.05, 4.69) is 26.3 Å². The highest BCUT2D eigenvalue weighted by atomic mass is 32.2. The normalized spacial score (nSPS) is 15.4. The maximum atomic E-state index is 13.5. The number of imide groups is 2. The van der Waals surface area contributed by atoms with Gasteiger partial charge in [0.1, 0.15) is 17.8 Å². The number of rotatable bonds is 18. The molecule has 5 aromatic rings. The zero-order valence-corrected chi connectivity index (χ0v) is 35.3. The van der Waals surface area contributed by atoms with E-state index in [1.807, 2.05) is 30.3 Å². The Morgan fingerprint density at radius 1 is 0.952 bits per heavy atom. The molecule has 0 radical (unpaired) electrons. The van der Waals surface area contributed by atoms with Crippen molar-refractivity contribution in [2.24, 2.45) is 0 Å². The maximum absolute atomic E-state index is 13.5. The molecule has 1 fully saturated rings. The lowest BCUT2D eigenvalue weighted by Gasteiger charge is -2.27. The molecule has 3 aromatic carbocycles. The third-order valence-corrected chi connectivity index (χ3v) is 11.8. The molecule has 0 saturated carbocycles. The number of piperidine rings is 1. The van der Waals surface area contributed by atoms with Gasteiger partial charge in [0, 0.05) is 42.7 Å². The maximum Gasteiger partial charge on any atom is 0.266 e. The molecule has 1 unspecified atom stereocenters. The molecule has 0 spiro atoms. The molecule has 326 valence electrons. The number of benzene rings is 3. The van der Waals surface area contributed by atoms with Gasteiger partial charge in [0.05, 0.1) is 48.5 Å². The summed E-state index contributed by atoms with van der Waals surface area (Å²) in [6, 6.07) is 20.2. The molecule has 2 aliphatic heterocycles. The Morgan fingerprint density at radius 2 is 1.71 bits per heavy atom. The Labute approximate surface area is 365 Å². The fourth-order valence-electron chi connectivity index (χ4n) is 6.76. The van der Waals surface area contributed by atoms with Crippen LogP contribution in [0.15, 0.2) is 96.6 Å². The van der Waals surface area contributed by atoms with E-state index in [-0.39, 0.29) is 74.0 Å². The largest absolute Gasteiger partial charge is 0.493 e. The molecule has 2 aromatic heterocycles. The summed E-state index contributed by atoms with van der Waals surface area (Å²) in [6.07, 6.45) is 3.84. The SMILES string of the molecule is CS(=O)(=O)n1ccc(C(=O)N[C@@H](COCc2ccc(CNC(=O)CCCOc3cccc4c3C(=O)N(C3CCC(=O)NC3=O)C4=O)cc2)C(=O)Nc2nc(-c3ccccc3)cs2)c1. The lowest BCUT2D eigenvalue weighted by Crippen LogP contribution is -2.54. The molecule has 18 nitrogen and oxygen atoms in total. The average Bonchev–Trinajstić information content (AvgIpc) is 4.02. The number of nitrogens with one attached hydrogen (secondary N) is 4. The third-order valence-electron chi connectivity index (χ3n) is 10.0. The number of anilines is 1. The van der Waals surface area contributed by atoms with Gasteiger partial charge in [-0.05, 0) is 42.2 Å². The lowest BCUT2D eigenvalue weighted by atomic mass is 10.0. The van der Waals surface area contributed by atoms with Crippen molar-refractivity contribution in [1.29, 1.82) is 0 Å². The van der Waals surface area contributed by atoms with Crippen LogP contribution in [0, 0.1) is 0 Å². The number of amides is 7. The molecule has 7 rings (SSSR count). The summed E-state index contributed by atoms with van der Waals surface area (Å²) in [4.78, 5) is 94.9. The van der Waals surface area contributed by atoms with Crippen LogP contribution in [0.5, 0.6) is 5.75 Å². The number of ether oxygens (including phenoxy) is 2. The minimum Gasteiger partial charge on any atom is -0.493 e. The summed E-state index contributed by atoms with van der Waals surface area (Å²) in [7, 11) is -3.63. The first kappa shape index (κ1) is 44.0. The van der Waals surface area contributed by atoms with Gasteiger partial charge in [-0.1, -0.05) is 60.7 Å². The number of hydrogen-bond acceptors (Lipinski definition) is 13. The van der Waals surface area contributed by atoms with E-state index in [9.17, 15) is 42.0 Å². The second-order valence-corrected chi connectivity index (χ2v) is 17.3. The van der Waals surface area contributed by atoms with Crippen molar-refractivity contribution < 1.29 is 51.5 Å². The number of carbonyl (C=O) groups excluding carboxylic acids is 7. The van der Waals surface area contributed by atoms with Gasteiger partial charge in [-0.25, -0.2) is 13.4 Å². The number of nitrogens with zero attached hydrogens (tertiary/aromatic N) is 3. The first-order chi connectivity index (χ1) is 30.2. The summed E-state index contributed by atoms with van der Waals surface area (Å²) in [5.41, 5.74) is 3.24. The van der Waals surface area contributed by atoms with Crippen LogP contribution in [0.25, 0.3) is 11.3 Å². The zero-order valence-electron chi connectivity index (χ0n) is 33.7. The predicted octanol–water partition coefficient (Wildman–Crippen LogP) is 3.25. The summed E-state index contributed by atoms with van der Waals surface area (Å²) in [6.45, 7) is 0.148. The quantitative estimate of drug-likeness (QED) is 0.0733. The fourth-order valence-corrected chi connectivity index (χ4v) is 8.07. The molecular formula is C43H41N7O11S2. The first-order valence-electron chi connectivity index (χ1n) is 19.7. The van der Waals surface area contributed by atoms with E-state index in [1.165, 1.54) is 35.7 Å². The lowest BCUT2D eigenvalue weighted by molar-refractivity contribution is -0.136. The second-order valence-electron chi connectivity index (χ2n) is 14.6. The summed E-state index contributed by atoms with van der Waals surface area (Å²) < 4.78 is 36.5. The van der Waals surface area contributed by atoms with E-state index < -0.39 is 57.6 Å². The summed E-state index contributed by atoms with van der Waals surface area (Å²) in [5.74, 6) is -3.86. The van der Waals surface area contributed by atoms with Gasteiger partial charge in [-0.3, -0.25) is 47.8 Å². The van der Waals surface area contributed by atoms with E-state index in [1.54, 1.807) is 35.7 Å². The standard InChI is InChI=1S/C43H41N7O11S2/c1-63(58,59)49-19-18-29(22-49)38(53)45-31(39(54)48-43-46-32(25-62-43)28-7-3-2-4-8-28)24-60-23-27-14-12-26(13-15-27)21-44-35(51)11-6-20-61-34-10-5-9-30-37(34)42(57)50(41(30)56)33-16-17-36(52)47-40(33)55/h2-5,7-10,12-15,18-19,22,25,31,33H,6,11,16-17,20-21,23-24H2,1H3,(H,44,51)(H,45,53)(H,46,48,54)(H,47,52,55)/t31-,33?/m0/s1. The molecule has 2 aliphatic rings. The number of hydrogen-bond donors (Lipinski definition) is 4. The molecule has 0 aliphatic carbocycles. The van der Waals surface area contributed by atoms with Crippen LogP contribution in [0.1, 0.15) is 67.9 Å². The zero-order chi connectivity index (χ0) is 44.7. The molecule has 2 atom stereocenters. The van der Waals surface area contributed by atoms with Gasteiger partial charge >= 0.3 is 0 Å². The predicted molar refractivity (Wildman–Crippen MR) is 228 cm³/mol. The second kappa shape index (κ2) is 19.3. The monoisotopic (exact) mass is 895 g/mol. The van der Waals surface area contributed by atoms with Crippen molar-refractivity contribution in [3.05, 3.63) is 124 Å². The van der Waals surface area contributed by atoms with Crippen molar-refractivity contribution >= 4 is 67.8 Å². The third kappa shape index (κ3) is 10.7. The van der Waals surface area contributed by atoms with Crippen LogP contribution in [0.3, 0.4) is 0 Å². The van der Waals surface area contributed by atoms with Crippen LogP contribution in [-0.2, 0) is 47.1 Å². The minimum atomic E-state index is -3.63. The van der Waals surface area contributed by atoms with E-state index in [0.717, 1.165) is 38.0 Å². The molecule has 1 saturated heterocycles. The van der Waals surface area contributed by atoms with Crippen LogP contribution in [-0.4, -0.2) is 95.2 Å². The van der Waals surface area contributed by atoms with E-state index >= 15 is 0 Å². The molecule has 20 heteroatoms. The molecule has 63 heavy (non-hydrogen) atoms. The smallest absolute Gasteiger partial charge is 0.266 e. The van der Waals surface area contributed by atoms with Crippen molar-refractivity contribution in [2.45, 2.75) is 50.9 Å². The fraction of sp³-hybridized carbons (Fsp3) is 0.256. The average molecular weight is 896 g/mol. The van der Waals surface area contributed by atoms with Gasteiger partial charge in [0.2, 0.25) is 27.7 Å². The Kier molecular flexibility index (Phi) is 13.5. The van der Waals surface area contributed by atoms with E-state index in [4.69, 9.17) is 9.47 Å². The van der Waals surface area contributed by atoms with E-state index in [0.29, 0.717) is 17.2 Å². The Bertz CT molecular complexity index is 2680. The summed E-state index contributed by atoms with van der Waals surface area (Å²) >= 11 is 1.21. The molecule has 4 heterocycles. The molecule has 0 bridgehead atoms. The van der Waals surface area contributed by atoms with Crippen molar-refractivity contribution in [2.75, 3.05) is 24.8 Å². The van der Waals surface area contributed by atoms with Crippen molar-refractivity contribution in [1.82, 2.24) is 29.8 Å². The summed E-state index contributed by atoms with van der Waals surface area (Å²) in [5, 5.41) is 12.5. The van der Waals surface area contributed by atoms with Gasteiger partial charge in [0.25, 0.3) is 23.6 Å².